The van der Waals surface area contributed by atoms with Crippen LogP contribution in [0.15, 0.2) is 18.2 Å². The summed E-state index contributed by atoms with van der Waals surface area (Å²) in [5.74, 6) is 0. The molecule has 0 aliphatic rings. The fourth-order valence-corrected chi connectivity index (χ4v) is 1.88. The van der Waals surface area contributed by atoms with E-state index in [4.69, 9.17) is 0 Å². The molecule has 1 aromatic carbocycles. The Bertz CT molecular complexity index is 447. The molecule has 0 aliphatic heterocycles. The van der Waals surface area contributed by atoms with Crippen LogP contribution in [0.3, 0.4) is 0 Å². The Hall–Kier alpha value is -1.62. The first-order valence-electron chi connectivity index (χ1n) is 7.11. The zero-order chi connectivity index (χ0) is 15.1. The zero-order valence-electron chi connectivity index (χ0n) is 12.8. The van der Waals surface area contributed by atoms with E-state index in [1.807, 2.05) is 6.92 Å². The molecule has 0 saturated carbocycles. The lowest BCUT2D eigenvalue weighted by molar-refractivity contribution is -0.384. The van der Waals surface area contributed by atoms with Crippen molar-refractivity contribution in [3.63, 3.8) is 0 Å². The van der Waals surface area contributed by atoms with Crippen LogP contribution < -0.4 is 5.32 Å². The molecule has 0 fully saturated rings. The number of nitrogens with zero attached hydrogens (tertiary/aromatic N) is 2. The fraction of sp³-hybridized carbons (Fsp3) is 0.600. The molecule has 0 amide bonds. The summed E-state index contributed by atoms with van der Waals surface area (Å²) in [6.07, 6.45) is 2.18. The van der Waals surface area contributed by atoms with Gasteiger partial charge in [-0.1, -0.05) is 6.07 Å². The number of nitro groups is 1. The molecular formula is C15H25N3O2. The monoisotopic (exact) mass is 279 g/mol. The Balaban J connectivity index is 2.38. The van der Waals surface area contributed by atoms with Gasteiger partial charge in [0.1, 0.15) is 0 Å². The van der Waals surface area contributed by atoms with Crippen molar-refractivity contribution in [3.8, 4) is 0 Å². The van der Waals surface area contributed by atoms with Gasteiger partial charge in [0.25, 0.3) is 5.69 Å². The van der Waals surface area contributed by atoms with Crippen molar-refractivity contribution in [2.75, 3.05) is 25.5 Å². The minimum atomic E-state index is -0.359. The van der Waals surface area contributed by atoms with Crippen LogP contribution in [0.1, 0.15) is 32.3 Å². The summed E-state index contributed by atoms with van der Waals surface area (Å²) in [6.45, 7) is 8.25. The van der Waals surface area contributed by atoms with Crippen molar-refractivity contribution in [3.05, 3.63) is 33.9 Å². The summed E-state index contributed by atoms with van der Waals surface area (Å²) in [4.78, 5) is 12.7. The van der Waals surface area contributed by atoms with Crippen LogP contribution in [0.25, 0.3) is 0 Å². The van der Waals surface area contributed by atoms with Crippen molar-refractivity contribution in [1.29, 1.82) is 0 Å². The molecule has 20 heavy (non-hydrogen) atoms. The van der Waals surface area contributed by atoms with Crippen LogP contribution >= 0.6 is 0 Å². The van der Waals surface area contributed by atoms with Gasteiger partial charge in [-0.2, -0.15) is 0 Å². The predicted octanol–water partition coefficient (Wildman–Crippen LogP) is 3.44. The Kier molecular flexibility index (Phi) is 6.45. The second-order valence-electron chi connectivity index (χ2n) is 5.46. The molecule has 0 heterocycles. The number of non-ortho nitro benzene ring substituents is 1. The maximum absolute atomic E-state index is 10.8. The van der Waals surface area contributed by atoms with E-state index in [1.54, 1.807) is 12.1 Å². The summed E-state index contributed by atoms with van der Waals surface area (Å²) in [6, 6.07) is 5.50. The third-order valence-corrected chi connectivity index (χ3v) is 3.57. The highest BCUT2D eigenvalue weighted by atomic mass is 16.6. The average molecular weight is 279 g/mol. The van der Waals surface area contributed by atoms with Gasteiger partial charge in [0, 0.05) is 30.4 Å². The molecule has 0 spiro atoms. The highest BCUT2D eigenvalue weighted by Gasteiger charge is 2.08. The van der Waals surface area contributed by atoms with Crippen LogP contribution in [0.2, 0.25) is 0 Å². The Morgan fingerprint density at radius 3 is 2.65 bits per heavy atom. The molecule has 0 unspecified atom stereocenters. The van der Waals surface area contributed by atoms with Crippen LogP contribution in [-0.4, -0.2) is 36.0 Å². The van der Waals surface area contributed by atoms with E-state index >= 15 is 0 Å². The number of unbranched alkanes of at least 4 members (excludes halogenated alkanes) is 1. The summed E-state index contributed by atoms with van der Waals surface area (Å²) in [7, 11) is 2.13. The molecule has 0 aliphatic carbocycles. The first-order valence-corrected chi connectivity index (χ1v) is 7.11. The molecule has 0 radical (unpaired) electrons. The molecule has 0 bridgehead atoms. The second kappa shape index (κ2) is 7.85. The van der Waals surface area contributed by atoms with Crippen LogP contribution in [0.5, 0.6) is 0 Å². The van der Waals surface area contributed by atoms with Gasteiger partial charge in [-0.25, -0.2) is 0 Å². The quantitative estimate of drug-likeness (QED) is 0.450. The maximum Gasteiger partial charge on any atom is 0.271 e. The standard InChI is InChI=1S/C15H25N3O2/c1-12(2)17(4)10-6-5-9-16-15-11-14(18(19)20)8-7-13(15)3/h7-8,11-12,16H,5-6,9-10H2,1-4H3. The predicted molar refractivity (Wildman–Crippen MR) is 83.3 cm³/mol. The lowest BCUT2D eigenvalue weighted by Crippen LogP contribution is -2.27. The van der Waals surface area contributed by atoms with Crippen molar-refractivity contribution in [1.82, 2.24) is 4.90 Å². The van der Waals surface area contributed by atoms with E-state index in [0.717, 1.165) is 37.2 Å². The topological polar surface area (TPSA) is 58.4 Å². The van der Waals surface area contributed by atoms with Crippen LogP contribution in [0, 0.1) is 17.0 Å². The first-order chi connectivity index (χ1) is 9.41. The summed E-state index contributed by atoms with van der Waals surface area (Å²) < 4.78 is 0. The molecule has 1 aromatic rings. The molecule has 1 rings (SSSR count). The van der Waals surface area contributed by atoms with E-state index in [9.17, 15) is 10.1 Å². The summed E-state index contributed by atoms with van der Waals surface area (Å²) in [5, 5.41) is 14.0. The smallest absolute Gasteiger partial charge is 0.271 e. The molecule has 112 valence electrons. The molecule has 0 aromatic heterocycles. The van der Waals surface area contributed by atoms with Gasteiger partial charge in [0.2, 0.25) is 0 Å². The van der Waals surface area contributed by atoms with Gasteiger partial charge in [-0.05, 0) is 52.8 Å². The molecule has 5 heteroatoms. The SMILES string of the molecule is Cc1ccc([N+](=O)[O-])cc1NCCCCN(C)C(C)C. The van der Waals surface area contributed by atoms with Gasteiger partial charge in [-0.15, -0.1) is 0 Å². The van der Waals surface area contributed by atoms with E-state index in [2.05, 4.69) is 31.1 Å². The minimum Gasteiger partial charge on any atom is -0.385 e. The van der Waals surface area contributed by atoms with Crippen molar-refractivity contribution in [2.45, 2.75) is 39.7 Å². The first kappa shape index (κ1) is 16.4. The zero-order valence-corrected chi connectivity index (χ0v) is 12.8. The highest BCUT2D eigenvalue weighted by molar-refractivity contribution is 5.56. The second-order valence-corrected chi connectivity index (χ2v) is 5.46. The van der Waals surface area contributed by atoms with E-state index < -0.39 is 0 Å². The Labute approximate surface area is 121 Å². The number of hydrogen-bond donors (Lipinski definition) is 1. The number of hydrogen-bond acceptors (Lipinski definition) is 4. The molecule has 0 atom stereocenters. The molecule has 1 N–H and O–H groups in total. The highest BCUT2D eigenvalue weighted by Crippen LogP contribution is 2.21. The lowest BCUT2D eigenvalue weighted by atomic mass is 10.1. The van der Waals surface area contributed by atoms with E-state index in [0.29, 0.717) is 6.04 Å². The summed E-state index contributed by atoms with van der Waals surface area (Å²) in [5.41, 5.74) is 2.03. The number of aryl methyl sites for hydroxylation is 1. The van der Waals surface area contributed by atoms with Crippen molar-refractivity contribution in [2.24, 2.45) is 0 Å². The summed E-state index contributed by atoms with van der Waals surface area (Å²) >= 11 is 0. The molecule has 5 nitrogen and oxygen atoms in total. The van der Waals surface area contributed by atoms with E-state index in [-0.39, 0.29) is 10.6 Å². The molecular weight excluding hydrogens is 254 g/mol. The van der Waals surface area contributed by atoms with Crippen LogP contribution in [0.4, 0.5) is 11.4 Å². The van der Waals surface area contributed by atoms with Gasteiger partial charge in [0.15, 0.2) is 0 Å². The van der Waals surface area contributed by atoms with E-state index in [1.165, 1.54) is 6.07 Å². The molecule has 0 saturated heterocycles. The average Bonchev–Trinajstić information content (AvgIpc) is 2.39. The number of benzene rings is 1. The van der Waals surface area contributed by atoms with Gasteiger partial charge in [0.05, 0.1) is 4.92 Å². The van der Waals surface area contributed by atoms with Gasteiger partial charge < -0.3 is 10.2 Å². The fourth-order valence-electron chi connectivity index (χ4n) is 1.88. The Morgan fingerprint density at radius 1 is 1.35 bits per heavy atom. The van der Waals surface area contributed by atoms with Crippen molar-refractivity contribution >= 4 is 11.4 Å². The van der Waals surface area contributed by atoms with Gasteiger partial charge >= 0.3 is 0 Å². The third kappa shape index (κ3) is 5.17. The van der Waals surface area contributed by atoms with Crippen LogP contribution in [-0.2, 0) is 0 Å². The number of anilines is 1. The maximum atomic E-state index is 10.8. The van der Waals surface area contributed by atoms with Gasteiger partial charge in [-0.3, -0.25) is 10.1 Å². The number of nitro benzene ring substituents is 1. The number of rotatable bonds is 8. The van der Waals surface area contributed by atoms with Crippen molar-refractivity contribution < 1.29 is 4.92 Å². The lowest BCUT2D eigenvalue weighted by Gasteiger charge is -2.20. The third-order valence-electron chi connectivity index (χ3n) is 3.57. The minimum absolute atomic E-state index is 0.137. The Morgan fingerprint density at radius 2 is 2.05 bits per heavy atom. The largest absolute Gasteiger partial charge is 0.385 e. The normalized spacial score (nSPS) is 11.1. The number of nitrogens with one attached hydrogen (secondary N) is 1.